The molecule has 0 saturated carbocycles. The van der Waals surface area contributed by atoms with Gasteiger partial charge in [0.05, 0.1) is 19.3 Å². The van der Waals surface area contributed by atoms with Gasteiger partial charge in [0.2, 0.25) is 23.6 Å². The molecular formula is C18H29N7O6. The fourth-order valence-electron chi connectivity index (χ4n) is 2.73. The second-order valence-corrected chi connectivity index (χ2v) is 7.37. The Morgan fingerprint density at radius 1 is 1.06 bits per heavy atom. The number of H-pyrrole nitrogens is 1. The second kappa shape index (κ2) is 12.3. The minimum atomic E-state index is -1.53. The molecule has 31 heavy (non-hydrogen) atoms. The Bertz CT molecular complexity index is 780. The van der Waals surface area contributed by atoms with Gasteiger partial charge < -0.3 is 37.5 Å². The van der Waals surface area contributed by atoms with Crippen LogP contribution in [0.5, 0.6) is 0 Å². The van der Waals surface area contributed by atoms with Crippen molar-refractivity contribution in [1.29, 1.82) is 0 Å². The molecule has 3 unspecified atom stereocenters. The third-order valence-corrected chi connectivity index (χ3v) is 4.18. The van der Waals surface area contributed by atoms with E-state index in [4.69, 9.17) is 11.5 Å². The molecule has 3 atom stereocenters. The number of primary amides is 1. The molecule has 1 aromatic heterocycles. The number of aromatic nitrogens is 2. The van der Waals surface area contributed by atoms with Crippen molar-refractivity contribution in [2.24, 2.45) is 17.4 Å². The van der Waals surface area contributed by atoms with Gasteiger partial charge in [0, 0.05) is 18.3 Å². The fourth-order valence-corrected chi connectivity index (χ4v) is 2.73. The van der Waals surface area contributed by atoms with Gasteiger partial charge in [-0.1, -0.05) is 13.8 Å². The van der Waals surface area contributed by atoms with Crippen LogP contribution < -0.4 is 27.4 Å². The first-order valence-corrected chi connectivity index (χ1v) is 9.62. The number of amides is 4. The third kappa shape index (κ3) is 9.25. The highest BCUT2D eigenvalue weighted by Gasteiger charge is 2.30. The lowest BCUT2D eigenvalue weighted by atomic mass is 10.0. The summed E-state index contributed by atoms with van der Waals surface area (Å²) in [5, 5.41) is 16.4. The van der Waals surface area contributed by atoms with Crippen molar-refractivity contribution >= 4 is 29.6 Å². The lowest BCUT2D eigenvalue weighted by Gasteiger charge is -2.25. The van der Waals surface area contributed by atoms with E-state index in [1.165, 1.54) is 12.5 Å². The summed E-state index contributed by atoms with van der Waals surface area (Å²) < 4.78 is 0. The van der Waals surface area contributed by atoms with E-state index in [1.807, 2.05) is 13.8 Å². The summed E-state index contributed by atoms with van der Waals surface area (Å²) in [5.74, 6) is -4.41. The van der Waals surface area contributed by atoms with Crippen LogP contribution >= 0.6 is 0 Å². The molecule has 4 amide bonds. The molecule has 0 aliphatic rings. The molecule has 13 heteroatoms. The summed E-state index contributed by atoms with van der Waals surface area (Å²) in [6.45, 7) is 3.28. The largest absolute Gasteiger partial charge is 0.480 e. The Morgan fingerprint density at radius 3 is 2.16 bits per heavy atom. The maximum absolute atomic E-state index is 12.8. The minimum absolute atomic E-state index is 0.0415. The number of aromatic amines is 1. The molecule has 1 heterocycles. The van der Waals surface area contributed by atoms with E-state index in [2.05, 4.69) is 25.9 Å². The van der Waals surface area contributed by atoms with E-state index in [1.54, 1.807) is 0 Å². The zero-order valence-electron chi connectivity index (χ0n) is 17.4. The van der Waals surface area contributed by atoms with E-state index < -0.39 is 54.1 Å². The van der Waals surface area contributed by atoms with Crippen molar-refractivity contribution in [2.45, 2.75) is 51.2 Å². The van der Waals surface area contributed by atoms with Gasteiger partial charge in [0.1, 0.15) is 18.1 Å². The maximum Gasteiger partial charge on any atom is 0.326 e. The summed E-state index contributed by atoms with van der Waals surface area (Å²) in [7, 11) is 0. The Balaban J connectivity index is 2.98. The molecule has 1 aromatic rings. The number of carbonyl (C=O) groups is 5. The summed E-state index contributed by atoms with van der Waals surface area (Å²) >= 11 is 0. The Kier molecular flexibility index (Phi) is 10.1. The lowest BCUT2D eigenvalue weighted by molar-refractivity contribution is -0.143. The van der Waals surface area contributed by atoms with Crippen molar-refractivity contribution in [3.05, 3.63) is 18.2 Å². The standard InChI is InChI=1S/C18H29N7O6/c1-9(2)3-11(16(28)25-13(18(30)31)5-14(20)26)24-17(29)12(23-15(27)6-19)4-10-7-21-8-22-10/h7-9,11-13H,3-6,19H2,1-2H3,(H2,20,26)(H,21,22)(H,23,27)(H,24,29)(H,25,28)(H,30,31). The highest BCUT2D eigenvalue weighted by atomic mass is 16.4. The van der Waals surface area contributed by atoms with Crippen LogP contribution in [0.4, 0.5) is 0 Å². The number of hydrogen-bond donors (Lipinski definition) is 7. The average molecular weight is 439 g/mol. The molecule has 0 aliphatic heterocycles. The predicted molar refractivity (Wildman–Crippen MR) is 108 cm³/mol. The van der Waals surface area contributed by atoms with Gasteiger partial charge in [-0.05, 0) is 12.3 Å². The van der Waals surface area contributed by atoms with Crippen molar-refractivity contribution in [1.82, 2.24) is 25.9 Å². The predicted octanol–water partition coefficient (Wildman–Crippen LogP) is -2.63. The topological polar surface area (TPSA) is 222 Å². The average Bonchev–Trinajstić information content (AvgIpc) is 3.18. The van der Waals surface area contributed by atoms with Gasteiger partial charge in [0.15, 0.2) is 0 Å². The van der Waals surface area contributed by atoms with Crippen LogP contribution in [-0.2, 0) is 30.4 Å². The summed E-state index contributed by atoms with van der Waals surface area (Å²) in [5.41, 5.74) is 10.9. The molecule has 13 nitrogen and oxygen atoms in total. The Morgan fingerprint density at radius 2 is 1.68 bits per heavy atom. The Labute approximate surface area is 178 Å². The van der Waals surface area contributed by atoms with E-state index in [9.17, 15) is 29.1 Å². The molecule has 0 aromatic carbocycles. The van der Waals surface area contributed by atoms with Gasteiger partial charge in [0.25, 0.3) is 0 Å². The van der Waals surface area contributed by atoms with E-state index >= 15 is 0 Å². The first-order chi connectivity index (χ1) is 14.5. The van der Waals surface area contributed by atoms with Crippen molar-refractivity contribution < 1.29 is 29.1 Å². The second-order valence-electron chi connectivity index (χ2n) is 7.37. The number of carboxylic acid groups (broad SMARTS) is 1. The summed E-state index contributed by atoms with van der Waals surface area (Å²) in [6.07, 6.45) is 2.54. The molecule has 0 radical (unpaired) electrons. The van der Waals surface area contributed by atoms with Gasteiger partial charge in [-0.3, -0.25) is 19.2 Å². The SMILES string of the molecule is CC(C)CC(NC(=O)C(Cc1cnc[nH]1)NC(=O)CN)C(=O)NC(CC(N)=O)C(=O)O. The highest BCUT2D eigenvalue weighted by molar-refractivity contribution is 5.94. The molecule has 1 rings (SSSR count). The van der Waals surface area contributed by atoms with E-state index in [-0.39, 0.29) is 25.3 Å². The molecular weight excluding hydrogens is 410 g/mol. The van der Waals surface area contributed by atoms with Gasteiger partial charge in [-0.2, -0.15) is 0 Å². The van der Waals surface area contributed by atoms with Crippen LogP contribution in [0, 0.1) is 5.92 Å². The number of nitrogens with one attached hydrogen (secondary N) is 4. The fraction of sp³-hybridized carbons (Fsp3) is 0.556. The Hall–Kier alpha value is -3.48. The van der Waals surface area contributed by atoms with Crippen molar-refractivity contribution in [3.63, 3.8) is 0 Å². The smallest absolute Gasteiger partial charge is 0.326 e. The number of nitrogens with zero attached hydrogens (tertiary/aromatic N) is 1. The van der Waals surface area contributed by atoms with Gasteiger partial charge in [-0.25, -0.2) is 9.78 Å². The number of hydrogen-bond acceptors (Lipinski definition) is 7. The van der Waals surface area contributed by atoms with Crippen LogP contribution in [-0.4, -0.2) is 69.3 Å². The monoisotopic (exact) mass is 439 g/mol. The normalized spacial score (nSPS) is 13.7. The first kappa shape index (κ1) is 25.6. The van der Waals surface area contributed by atoms with Gasteiger partial charge in [-0.15, -0.1) is 0 Å². The number of nitrogens with two attached hydrogens (primary N) is 2. The van der Waals surface area contributed by atoms with E-state index in [0.29, 0.717) is 5.69 Å². The molecule has 0 spiro atoms. The first-order valence-electron chi connectivity index (χ1n) is 9.62. The zero-order valence-corrected chi connectivity index (χ0v) is 17.4. The quantitative estimate of drug-likeness (QED) is 0.172. The lowest BCUT2D eigenvalue weighted by Crippen LogP contribution is -2.57. The molecule has 0 fully saturated rings. The summed E-state index contributed by atoms with van der Waals surface area (Å²) in [6, 6.07) is -3.70. The zero-order chi connectivity index (χ0) is 23.6. The van der Waals surface area contributed by atoms with E-state index in [0.717, 1.165) is 0 Å². The number of rotatable bonds is 13. The number of aliphatic carboxylic acids is 1. The van der Waals surface area contributed by atoms with Crippen LogP contribution in [0.25, 0.3) is 0 Å². The number of imidazole rings is 1. The minimum Gasteiger partial charge on any atom is -0.480 e. The molecule has 0 bridgehead atoms. The third-order valence-electron chi connectivity index (χ3n) is 4.18. The van der Waals surface area contributed by atoms with Crippen molar-refractivity contribution in [2.75, 3.05) is 6.54 Å². The van der Waals surface area contributed by atoms with Crippen LogP contribution in [0.2, 0.25) is 0 Å². The van der Waals surface area contributed by atoms with Gasteiger partial charge >= 0.3 is 5.97 Å². The number of carboxylic acids is 1. The van der Waals surface area contributed by atoms with Crippen molar-refractivity contribution in [3.8, 4) is 0 Å². The maximum atomic E-state index is 12.8. The summed E-state index contributed by atoms with van der Waals surface area (Å²) in [4.78, 5) is 66.3. The highest BCUT2D eigenvalue weighted by Crippen LogP contribution is 2.08. The molecule has 0 saturated heterocycles. The molecule has 0 aliphatic carbocycles. The molecule has 172 valence electrons. The molecule has 9 N–H and O–H groups in total. The van der Waals surface area contributed by atoms with Crippen LogP contribution in [0.3, 0.4) is 0 Å². The van der Waals surface area contributed by atoms with Crippen LogP contribution in [0.15, 0.2) is 12.5 Å². The number of carbonyl (C=O) groups excluding carboxylic acids is 4. The van der Waals surface area contributed by atoms with Crippen LogP contribution in [0.1, 0.15) is 32.4 Å².